The summed E-state index contributed by atoms with van der Waals surface area (Å²) in [7, 11) is 0. The van der Waals surface area contributed by atoms with E-state index in [0.717, 1.165) is 19.5 Å². The lowest BCUT2D eigenvalue weighted by atomic mass is 9.81. The SMILES string of the molecule is CC1CNCC1C(=O)NC(C)(C)CC(C)(C)C. The van der Waals surface area contributed by atoms with Crippen LogP contribution < -0.4 is 10.6 Å². The van der Waals surface area contributed by atoms with Crippen LogP contribution in [0.15, 0.2) is 0 Å². The van der Waals surface area contributed by atoms with Gasteiger partial charge in [0.25, 0.3) is 0 Å². The molecule has 0 aromatic heterocycles. The van der Waals surface area contributed by atoms with Crippen molar-refractivity contribution in [2.24, 2.45) is 17.3 Å². The van der Waals surface area contributed by atoms with Gasteiger partial charge >= 0.3 is 0 Å². The van der Waals surface area contributed by atoms with E-state index in [4.69, 9.17) is 0 Å². The van der Waals surface area contributed by atoms with E-state index < -0.39 is 0 Å². The minimum Gasteiger partial charge on any atom is -0.351 e. The van der Waals surface area contributed by atoms with E-state index in [9.17, 15) is 4.79 Å². The molecular weight excluding hydrogens is 212 g/mol. The Hall–Kier alpha value is -0.570. The lowest BCUT2D eigenvalue weighted by Gasteiger charge is -2.34. The smallest absolute Gasteiger partial charge is 0.225 e. The van der Waals surface area contributed by atoms with Crippen LogP contribution in [0.1, 0.15) is 48.0 Å². The quantitative estimate of drug-likeness (QED) is 0.794. The highest BCUT2D eigenvalue weighted by atomic mass is 16.2. The summed E-state index contributed by atoms with van der Waals surface area (Å²) in [5.41, 5.74) is 0.105. The average molecular weight is 240 g/mol. The Morgan fingerprint density at radius 1 is 1.24 bits per heavy atom. The molecule has 1 fully saturated rings. The van der Waals surface area contributed by atoms with Crippen LogP contribution in [-0.4, -0.2) is 24.5 Å². The van der Waals surface area contributed by atoms with Gasteiger partial charge in [-0.15, -0.1) is 0 Å². The molecule has 0 radical (unpaired) electrons. The summed E-state index contributed by atoms with van der Waals surface area (Å²) in [6.07, 6.45) is 0.986. The molecule has 0 aromatic carbocycles. The van der Waals surface area contributed by atoms with E-state index in [1.807, 2.05) is 0 Å². The molecule has 17 heavy (non-hydrogen) atoms. The van der Waals surface area contributed by atoms with Gasteiger partial charge in [0.05, 0.1) is 5.92 Å². The summed E-state index contributed by atoms with van der Waals surface area (Å²) in [4.78, 5) is 12.2. The second-order valence-electron chi connectivity index (χ2n) is 7.35. The molecule has 1 saturated heterocycles. The second kappa shape index (κ2) is 4.97. The normalized spacial score (nSPS) is 26.0. The van der Waals surface area contributed by atoms with Crippen LogP contribution >= 0.6 is 0 Å². The molecule has 0 aromatic rings. The molecule has 2 atom stereocenters. The van der Waals surface area contributed by atoms with Crippen molar-refractivity contribution in [1.29, 1.82) is 0 Å². The van der Waals surface area contributed by atoms with Crippen LogP contribution in [0.2, 0.25) is 0 Å². The van der Waals surface area contributed by atoms with Gasteiger partial charge in [0.1, 0.15) is 0 Å². The zero-order valence-corrected chi connectivity index (χ0v) is 12.2. The molecule has 1 heterocycles. The molecule has 2 N–H and O–H groups in total. The van der Waals surface area contributed by atoms with Gasteiger partial charge in [-0.2, -0.15) is 0 Å². The fraction of sp³-hybridized carbons (Fsp3) is 0.929. The standard InChI is InChI=1S/C14H28N2O/c1-10-7-15-8-11(10)12(17)16-14(5,6)9-13(2,3)4/h10-11,15H,7-9H2,1-6H3,(H,16,17). The van der Waals surface area contributed by atoms with Gasteiger partial charge in [-0.25, -0.2) is 0 Å². The number of hydrogen-bond donors (Lipinski definition) is 2. The van der Waals surface area contributed by atoms with E-state index >= 15 is 0 Å². The summed E-state index contributed by atoms with van der Waals surface area (Å²) < 4.78 is 0. The second-order valence-corrected chi connectivity index (χ2v) is 7.35. The van der Waals surface area contributed by atoms with Gasteiger partial charge in [0, 0.05) is 12.1 Å². The van der Waals surface area contributed by atoms with Crippen molar-refractivity contribution in [1.82, 2.24) is 10.6 Å². The molecule has 1 aliphatic rings. The summed E-state index contributed by atoms with van der Waals surface area (Å²) >= 11 is 0. The van der Waals surface area contributed by atoms with Crippen molar-refractivity contribution >= 4 is 5.91 Å². The average Bonchev–Trinajstić information content (AvgIpc) is 2.44. The Kier molecular flexibility index (Phi) is 4.23. The van der Waals surface area contributed by atoms with Gasteiger partial charge in [-0.1, -0.05) is 27.7 Å². The first kappa shape index (κ1) is 14.5. The molecule has 1 aliphatic heterocycles. The molecule has 3 heteroatoms. The Morgan fingerprint density at radius 2 is 1.82 bits per heavy atom. The van der Waals surface area contributed by atoms with Gasteiger partial charge < -0.3 is 10.6 Å². The predicted octanol–water partition coefficient (Wildman–Crippen LogP) is 2.17. The maximum Gasteiger partial charge on any atom is 0.225 e. The molecule has 2 unspecified atom stereocenters. The third-order valence-corrected chi connectivity index (χ3v) is 3.29. The first-order valence-electron chi connectivity index (χ1n) is 6.63. The molecule has 0 spiro atoms. The minimum absolute atomic E-state index is 0.127. The van der Waals surface area contributed by atoms with E-state index in [1.54, 1.807) is 0 Å². The molecular formula is C14H28N2O. The fourth-order valence-electron chi connectivity index (χ4n) is 2.96. The van der Waals surface area contributed by atoms with Crippen LogP contribution in [0.25, 0.3) is 0 Å². The Balaban J connectivity index is 2.55. The number of rotatable bonds is 3. The van der Waals surface area contributed by atoms with Crippen LogP contribution in [-0.2, 0) is 4.79 Å². The van der Waals surface area contributed by atoms with Gasteiger partial charge in [-0.05, 0) is 38.1 Å². The van der Waals surface area contributed by atoms with Crippen molar-refractivity contribution in [2.75, 3.05) is 13.1 Å². The third kappa shape index (κ3) is 4.66. The van der Waals surface area contributed by atoms with Crippen molar-refractivity contribution in [3.05, 3.63) is 0 Å². The first-order valence-corrected chi connectivity index (χ1v) is 6.63. The van der Waals surface area contributed by atoms with Crippen LogP contribution in [0.3, 0.4) is 0 Å². The molecule has 0 aliphatic carbocycles. The van der Waals surface area contributed by atoms with Crippen molar-refractivity contribution in [3.8, 4) is 0 Å². The highest BCUT2D eigenvalue weighted by Gasteiger charge is 2.34. The highest BCUT2D eigenvalue weighted by Crippen LogP contribution is 2.27. The van der Waals surface area contributed by atoms with E-state index in [2.05, 4.69) is 52.2 Å². The van der Waals surface area contributed by atoms with Crippen LogP contribution in [0.5, 0.6) is 0 Å². The molecule has 3 nitrogen and oxygen atoms in total. The number of hydrogen-bond acceptors (Lipinski definition) is 2. The van der Waals surface area contributed by atoms with Crippen molar-refractivity contribution in [3.63, 3.8) is 0 Å². The number of nitrogens with one attached hydrogen (secondary N) is 2. The Morgan fingerprint density at radius 3 is 2.24 bits per heavy atom. The Bertz CT molecular complexity index is 278. The van der Waals surface area contributed by atoms with Gasteiger partial charge in [0.15, 0.2) is 0 Å². The zero-order valence-electron chi connectivity index (χ0n) is 12.2. The van der Waals surface area contributed by atoms with Gasteiger partial charge in [-0.3, -0.25) is 4.79 Å². The van der Waals surface area contributed by atoms with E-state index in [0.29, 0.717) is 5.92 Å². The topological polar surface area (TPSA) is 41.1 Å². The van der Waals surface area contributed by atoms with E-state index in [-0.39, 0.29) is 22.8 Å². The fourth-order valence-corrected chi connectivity index (χ4v) is 2.96. The molecule has 0 saturated carbocycles. The van der Waals surface area contributed by atoms with E-state index in [1.165, 1.54) is 0 Å². The van der Waals surface area contributed by atoms with Crippen molar-refractivity contribution < 1.29 is 4.79 Å². The predicted molar refractivity (Wildman–Crippen MR) is 71.8 cm³/mol. The van der Waals surface area contributed by atoms with Crippen molar-refractivity contribution in [2.45, 2.75) is 53.5 Å². The monoisotopic (exact) mass is 240 g/mol. The molecule has 1 rings (SSSR count). The molecule has 0 bridgehead atoms. The minimum atomic E-state index is -0.127. The number of carbonyl (C=O) groups excluding carboxylic acids is 1. The first-order chi connectivity index (χ1) is 7.61. The van der Waals surface area contributed by atoms with Gasteiger partial charge in [0.2, 0.25) is 5.91 Å². The highest BCUT2D eigenvalue weighted by molar-refractivity contribution is 5.80. The largest absolute Gasteiger partial charge is 0.351 e. The summed E-state index contributed by atoms with van der Waals surface area (Å²) in [5, 5.41) is 6.48. The molecule has 100 valence electrons. The number of amides is 1. The summed E-state index contributed by atoms with van der Waals surface area (Å²) in [6, 6.07) is 0. The number of carbonyl (C=O) groups is 1. The van der Waals surface area contributed by atoms with Crippen LogP contribution in [0.4, 0.5) is 0 Å². The third-order valence-electron chi connectivity index (χ3n) is 3.29. The zero-order chi connectivity index (χ0) is 13.3. The summed E-state index contributed by atoms with van der Waals surface area (Å²) in [6.45, 7) is 14.8. The molecule has 1 amide bonds. The maximum atomic E-state index is 12.2. The summed E-state index contributed by atoms with van der Waals surface area (Å²) in [5.74, 6) is 0.784. The lowest BCUT2D eigenvalue weighted by Crippen LogP contribution is -2.49. The van der Waals surface area contributed by atoms with Crippen LogP contribution in [0, 0.1) is 17.3 Å². The Labute approximate surface area is 106 Å². The maximum absolute atomic E-state index is 12.2. The lowest BCUT2D eigenvalue weighted by molar-refractivity contribution is -0.127.